The number of halogens is 3. The summed E-state index contributed by atoms with van der Waals surface area (Å²) in [6.07, 6.45) is -1.12. The summed E-state index contributed by atoms with van der Waals surface area (Å²) in [5.74, 6) is 0.569. The summed E-state index contributed by atoms with van der Waals surface area (Å²) in [7, 11) is 0. The standard InChI is InChI=1S/C12H11F3N8S/c13-12(14,15)9-20-21-11(24-9)23-3-1-22(2-4-23)10-16-5-7-6-17-19-8(7)18-10/h5-6H,1-4H2,(H,16,17,18,19). The zero-order valence-corrected chi connectivity index (χ0v) is 13.0. The van der Waals surface area contributed by atoms with E-state index in [-0.39, 0.29) is 5.13 Å². The van der Waals surface area contributed by atoms with Crippen molar-refractivity contribution >= 4 is 33.5 Å². The fourth-order valence-electron chi connectivity index (χ4n) is 2.44. The Labute approximate surface area is 137 Å². The van der Waals surface area contributed by atoms with Crippen LogP contribution in [0.1, 0.15) is 5.01 Å². The molecule has 0 unspecified atom stereocenters. The van der Waals surface area contributed by atoms with Crippen LogP contribution in [0.2, 0.25) is 0 Å². The highest BCUT2D eigenvalue weighted by atomic mass is 32.1. The van der Waals surface area contributed by atoms with E-state index in [4.69, 9.17) is 0 Å². The molecule has 4 heterocycles. The number of nitrogens with zero attached hydrogens (tertiary/aromatic N) is 7. The minimum atomic E-state index is -4.45. The Balaban J connectivity index is 1.45. The highest BCUT2D eigenvalue weighted by molar-refractivity contribution is 7.15. The van der Waals surface area contributed by atoms with Crippen molar-refractivity contribution in [3.05, 3.63) is 17.4 Å². The van der Waals surface area contributed by atoms with Crippen molar-refractivity contribution in [3.63, 3.8) is 0 Å². The van der Waals surface area contributed by atoms with E-state index >= 15 is 0 Å². The average Bonchev–Trinajstić information content (AvgIpc) is 3.23. The van der Waals surface area contributed by atoms with E-state index in [1.165, 1.54) is 0 Å². The Morgan fingerprint density at radius 2 is 1.79 bits per heavy atom. The first-order valence-electron chi connectivity index (χ1n) is 7.07. The van der Waals surface area contributed by atoms with Gasteiger partial charge >= 0.3 is 6.18 Å². The molecule has 8 nitrogen and oxygen atoms in total. The van der Waals surface area contributed by atoms with Gasteiger partial charge in [0, 0.05) is 32.4 Å². The quantitative estimate of drug-likeness (QED) is 0.745. The Morgan fingerprint density at radius 3 is 2.50 bits per heavy atom. The molecule has 0 amide bonds. The third-order valence-corrected chi connectivity index (χ3v) is 4.70. The number of alkyl halides is 3. The molecule has 1 saturated heterocycles. The SMILES string of the molecule is FC(F)(F)c1nnc(N2CCN(c3ncc4cn[nH]c4n3)CC2)s1. The predicted molar refractivity (Wildman–Crippen MR) is 81.0 cm³/mol. The van der Waals surface area contributed by atoms with E-state index in [9.17, 15) is 13.2 Å². The molecular formula is C12H11F3N8S. The number of rotatable bonds is 2. The molecule has 126 valence electrons. The number of H-pyrrole nitrogens is 1. The van der Waals surface area contributed by atoms with Crippen LogP contribution in [0.25, 0.3) is 11.0 Å². The van der Waals surface area contributed by atoms with Gasteiger partial charge in [-0.1, -0.05) is 11.3 Å². The minimum Gasteiger partial charge on any atom is -0.343 e. The first-order chi connectivity index (χ1) is 11.5. The van der Waals surface area contributed by atoms with E-state index in [1.807, 2.05) is 4.90 Å². The first-order valence-corrected chi connectivity index (χ1v) is 7.89. The van der Waals surface area contributed by atoms with Crippen molar-refractivity contribution in [1.82, 2.24) is 30.4 Å². The second-order valence-corrected chi connectivity index (χ2v) is 6.16. The highest BCUT2D eigenvalue weighted by Gasteiger charge is 2.36. The molecule has 24 heavy (non-hydrogen) atoms. The maximum absolute atomic E-state index is 12.6. The number of aromatic nitrogens is 6. The first kappa shape index (κ1) is 15.1. The van der Waals surface area contributed by atoms with Gasteiger partial charge in [0.1, 0.15) is 0 Å². The predicted octanol–water partition coefficient (Wildman–Crippen LogP) is 1.55. The van der Waals surface area contributed by atoms with Crippen LogP contribution in [-0.4, -0.2) is 56.5 Å². The number of aromatic amines is 1. The molecule has 1 aliphatic rings. The molecule has 1 aliphatic heterocycles. The van der Waals surface area contributed by atoms with Gasteiger partial charge in [-0.3, -0.25) is 5.10 Å². The van der Waals surface area contributed by atoms with Gasteiger partial charge in [0.05, 0.1) is 11.6 Å². The lowest BCUT2D eigenvalue weighted by molar-refractivity contribution is -0.138. The minimum absolute atomic E-state index is 0.284. The summed E-state index contributed by atoms with van der Waals surface area (Å²) in [6.45, 7) is 2.22. The Morgan fingerprint density at radius 1 is 1.04 bits per heavy atom. The molecule has 1 fully saturated rings. The second-order valence-electron chi connectivity index (χ2n) is 5.21. The largest absolute Gasteiger partial charge is 0.445 e. The molecule has 0 spiro atoms. The summed E-state index contributed by atoms with van der Waals surface area (Å²) >= 11 is 0.562. The number of hydrogen-bond donors (Lipinski definition) is 1. The van der Waals surface area contributed by atoms with Crippen molar-refractivity contribution in [3.8, 4) is 0 Å². The van der Waals surface area contributed by atoms with Gasteiger partial charge in [0.2, 0.25) is 16.1 Å². The normalized spacial score (nSPS) is 16.1. The molecule has 1 N–H and O–H groups in total. The van der Waals surface area contributed by atoms with Gasteiger partial charge in [0.25, 0.3) is 0 Å². The molecular weight excluding hydrogens is 345 g/mol. The summed E-state index contributed by atoms with van der Waals surface area (Å²) in [5.41, 5.74) is 0.654. The third kappa shape index (κ3) is 2.72. The van der Waals surface area contributed by atoms with E-state index in [1.54, 1.807) is 17.3 Å². The van der Waals surface area contributed by atoms with E-state index in [0.29, 0.717) is 49.1 Å². The lowest BCUT2D eigenvalue weighted by Crippen LogP contribution is -2.47. The molecule has 3 aromatic rings. The fourth-order valence-corrected chi connectivity index (χ4v) is 3.20. The van der Waals surface area contributed by atoms with Crippen LogP contribution in [0, 0.1) is 0 Å². The van der Waals surface area contributed by atoms with Gasteiger partial charge in [-0.05, 0) is 0 Å². The van der Waals surface area contributed by atoms with Crippen LogP contribution >= 0.6 is 11.3 Å². The maximum atomic E-state index is 12.6. The third-order valence-electron chi connectivity index (χ3n) is 3.67. The summed E-state index contributed by atoms with van der Waals surface area (Å²) in [5, 5.41) is 13.7. The summed E-state index contributed by atoms with van der Waals surface area (Å²) < 4.78 is 37.8. The zero-order valence-electron chi connectivity index (χ0n) is 12.2. The highest BCUT2D eigenvalue weighted by Crippen LogP contribution is 2.34. The number of nitrogens with one attached hydrogen (secondary N) is 1. The monoisotopic (exact) mass is 356 g/mol. The molecule has 0 aliphatic carbocycles. The smallest absolute Gasteiger partial charge is 0.343 e. The van der Waals surface area contributed by atoms with Gasteiger partial charge < -0.3 is 9.80 Å². The van der Waals surface area contributed by atoms with E-state index in [2.05, 4.69) is 30.4 Å². The van der Waals surface area contributed by atoms with E-state index < -0.39 is 11.2 Å². The molecule has 0 aromatic carbocycles. The maximum Gasteiger partial charge on any atom is 0.445 e. The van der Waals surface area contributed by atoms with E-state index in [0.717, 1.165) is 5.39 Å². The van der Waals surface area contributed by atoms with Gasteiger partial charge in [-0.25, -0.2) is 4.98 Å². The second kappa shape index (κ2) is 5.54. The number of piperazine rings is 1. The lowest BCUT2D eigenvalue weighted by Gasteiger charge is -2.34. The van der Waals surface area contributed by atoms with Crippen molar-refractivity contribution in [2.24, 2.45) is 0 Å². The van der Waals surface area contributed by atoms with Crippen LogP contribution in [0.4, 0.5) is 24.3 Å². The molecule has 0 bridgehead atoms. The Kier molecular flexibility index (Phi) is 3.48. The zero-order chi connectivity index (χ0) is 16.7. The van der Waals surface area contributed by atoms with Gasteiger partial charge in [-0.15, -0.1) is 10.2 Å². The number of anilines is 2. The van der Waals surface area contributed by atoms with Crippen molar-refractivity contribution in [2.45, 2.75) is 6.18 Å². The van der Waals surface area contributed by atoms with Crippen LogP contribution in [-0.2, 0) is 6.18 Å². The van der Waals surface area contributed by atoms with Crippen LogP contribution in [0.15, 0.2) is 12.4 Å². The Bertz CT molecular complexity index is 851. The average molecular weight is 356 g/mol. The molecule has 3 aromatic heterocycles. The van der Waals surface area contributed by atoms with Crippen molar-refractivity contribution in [2.75, 3.05) is 36.0 Å². The summed E-state index contributed by atoms with van der Waals surface area (Å²) in [4.78, 5) is 12.5. The molecule has 4 rings (SSSR count). The van der Waals surface area contributed by atoms with Crippen LogP contribution < -0.4 is 9.80 Å². The molecule has 0 saturated carbocycles. The van der Waals surface area contributed by atoms with Gasteiger partial charge in [-0.2, -0.15) is 23.3 Å². The van der Waals surface area contributed by atoms with Crippen LogP contribution in [0.3, 0.4) is 0 Å². The lowest BCUT2D eigenvalue weighted by atomic mass is 10.3. The van der Waals surface area contributed by atoms with Crippen molar-refractivity contribution in [1.29, 1.82) is 0 Å². The molecule has 12 heteroatoms. The topological polar surface area (TPSA) is 86.7 Å². The molecule has 0 atom stereocenters. The van der Waals surface area contributed by atoms with Crippen molar-refractivity contribution < 1.29 is 13.2 Å². The number of fused-ring (bicyclic) bond motifs is 1. The number of hydrogen-bond acceptors (Lipinski definition) is 8. The van der Waals surface area contributed by atoms with Crippen LogP contribution in [0.5, 0.6) is 0 Å². The Hall–Kier alpha value is -2.50. The van der Waals surface area contributed by atoms with Gasteiger partial charge in [0.15, 0.2) is 5.65 Å². The summed E-state index contributed by atoms with van der Waals surface area (Å²) in [6, 6.07) is 0. The fraction of sp³-hybridized carbons (Fsp3) is 0.417. The molecule has 0 radical (unpaired) electrons.